The van der Waals surface area contributed by atoms with E-state index in [4.69, 9.17) is 4.74 Å². The van der Waals surface area contributed by atoms with Crippen LogP contribution in [0.15, 0.2) is 29.2 Å². The van der Waals surface area contributed by atoms with Crippen molar-refractivity contribution in [3.63, 3.8) is 0 Å². The molecule has 0 aliphatic rings. The molecule has 0 heterocycles. The van der Waals surface area contributed by atoms with Gasteiger partial charge in [-0.05, 0) is 30.7 Å². The molecule has 0 aromatic heterocycles. The minimum absolute atomic E-state index is 0.0882. The van der Waals surface area contributed by atoms with Crippen molar-refractivity contribution in [3.05, 3.63) is 29.8 Å². The predicted octanol–water partition coefficient (Wildman–Crippen LogP) is 0.516. The smallest absolute Gasteiger partial charge is 0.325 e. The third kappa shape index (κ3) is 6.93. The molecule has 1 aromatic rings. The summed E-state index contributed by atoms with van der Waals surface area (Å²) in [6.45, 7) is 5.76. The zero-order valence-corrected chi connectivity index (χ0v) is 17.2. The van der Waals surface area contributed by atoms with Gasteiger partial charge in [-0.15, -0.1) is 0 Å². The molecule has 0 aliphatic heterocycles. The lowest BCUT2D eigenvalue weighted by atomic mass is 10.2. The summed E-state index contributed by atoms with van der Waals surface area (Å²) in [6.07, 6.45) is 0.769. The fourth-order valence-corrected chi connectivity index (χ4v) is 3.72. The van der Waals surface area contributed by atoms with Crippen molar-refractivity contribution in [1.29, 1.82) is 0 Å². The van der Waals surface area contributed by atoms with Crippen LogP contribution >= 0.6 is 0 Å². The topological polar surface area (TPSA) is 122 Å². The molecule has 2 amide bonds. The number of sulfonamides is 1. The van der Waals surface area contributed by atoms with E-state index in [9.17, 15) is 22.8 Å². The highest BCUT2D eigenvalue weighted by Gasteiger charge is 2.21. The van der Waals surface area contributed by atoms with Crippen LogP contribution in [0.2, 0.25) is 0 Å². The van der Waals surface area contributed by atoms with E-state index in [1.165, 1.54) is 28.6 Å². The highest BCUT2D eigenvalue weighted by molar-refractivity contribution is 7.89. The van der Waals surface area contributed by atoms with Gasteiger partial charge in [0.25, 0.3) is 11.8 Å². The third-order valence-corrected chi connectivity index (χ3v) is 5.85. The molecule has 0 saturated carbocycles. The van der Waals surface area contributed by atoms with Crippen molar-refractivity contribution in [2.45, 2.75) is 32.1 Å². The molecule has 0 unspecified atom stereocenters. The molecule has 0 spiro atoms. The molecule has 2 N–H and O–H groups in total. The minimum atomic E-state index is -3.60. The van der Waals surface area contributed by atoms with Crippen LogP contribution < -0.4 is 10.6 Å². The second-order valence-corrected chi connectivity index (χ2v) is 7.74. The zero-order chi connectivity index (χ0) is 21.2. The first-order valence-electron chi connectivity index (χ1n) is 9.06. The van der Waals surface area contributed by atoms with Crippen molar-refractivity contribution in [2.75, 3.05) is 32.8 Å². The molecule has 9 nitrogen and oxygen atoms in total. The van der Waals surface area contributed by atoms with Gasteiger partial charge in [-0.3, -0.25) is 14.4 Å². The summed E-state index contributed by atoms with van der Waals surface area (Å²) in [7, 11) is -3.60. The Hall–Kier alpha value is -2.46. The summed E-state index contributed by atoms with van der Waals surface area (Å²) in [4.78, 5) is 35.1. The van der Waals surface area contributed by atoms with E-state index in [0.29, 0.717) is 19.6 Å². The van der Waals surface area contributed by atoms with E-state index in [2.05, 4.69) is 10.6 Å². The summed E-state index contributed by atoms with van der Waals surface area (Å²) >= 11 is 0. The molecule has 1 aromatic carbocycles. The summed E-state index contributed by atoms with van der Waals surface area (Å²) in [6, 6.07) is 5.43. The maximum Gasteiger partial charge on any atom is 0.325 e. The molecule has 1 rings (SSSR count). The molecule has 0 fully saturated rings. The number of hydrogen-bond donors (Lipinski definition) is 2. The van der Waals surface area contributed by atoms with Gasteiger partial charge in [0.05, 0.1) is 4.90 Å². The van der Waals surface area contributed by atoms with Gasteiger partial charge in [0.2, 0.25) is 10.0 Å². The van der Waals surface area contributed by atoms with Crippen LogP contribution in [0.5, 0.6) is 0 Å². The lowest BCUT2D eigenvalue weighted by Crippen LogP contribution is -2.34. The number of esters is 1. The molecular formula is C18H27N3O6S. The van der Waals surface area contributed by atoms with Gasteiger partial charge in [0.15, 0.2) is 6.61 Å². The Balaban J connectivity index is 2.57. The van der Waals surface area contributed by atoms with E-state index in [-0.39, 0.29) is 10.5 Å². The zero-order valence-electron chi connectivity index (χ0n) is 16.4. The molecule has 156 valence electrons. The standard InChI is InChI=1S/C18H27N3O6S/c1-4-11-19-16(22)13-27-17(23)12-20-18(24)14-7-9-15(10-8-14)28(25,26)21(5-2)6-3/h7-10H,4-6,11-13H2,1-3H3,(H,19,22)(H,20,24). The number of ether oxygens (including phenoxy) is 1. The monoisotopic (exact) mass is 413 g/mol. The number of nitrogens with zero attached hydrogens (tertiary/aromatic N) is 1. The first kappa shape index (κ1) is 23.6. The molecule has 10 heteroatoms. The first-order chi connectivity index (χ1) is 13.3. The lowest BCUT2D eigenvalue weighted by Gasteiger charge is -2.18. The summed E-state index contributed by atoms with van der Waals surface area (Å²) < 4.78 is 30.9. The Labute approximate surface area is 165 Å². The van der Waals surface area contributed by atoms with Crippen LogP contribution in [0.1, 0.15) is 37.6 Å². The van der Waals surface area contributed by atoms with Crippen LogP contribution in [-0.2, 0) is 24.3 Å². The van der Waals surface area contributed by atoms with Crippen molar-refractivity contribution >= 4 is 27.8 Å². The summed E-state index contributed by atoms with van der Waals surface area (Å²) in [5.74, 6) is -1.72. The lowest BCUT2D eigenvalue weighted by molar-refractivity contribution is -0.147. The van der Waals surface area contributed by atoms with Crippen LogP contribution in [0, 0.1) is 0 Å². The molecule has 0 aliphatic carbocycles. The normalized spacial score (nSPS) is 11.1. The minimum Gasteiger partial charge on any atom is -0.454 e. The van der Waals surface area contributed by atoms with Gasteiger partial charge in [0.1, 0.15) is 6.54 Å². The average Bonchev–Trinajstić information content (AvgIpc) is 2.69. The number of amides is 2. The highest BCUT2D eigenvalue weighted by atomic mass is 32.2. The summed E-state index contributed by atoms with van der Waals surface area (Å²) in [5.41, 5.74) is 0.201. The van der Waals surface area contributed by atoms with Crippen molar-refractivity contribution in [1.82, 2.24) is 14.9 Å². The van der Waals surface area contributed by atoms with Gasteiger partial charge >= 0.3 is 5.97 Å². The van der Waals surface area contributed by atoms with Gasteiger partial charge < -0.3 is 15.4 Å². The highest BCUT2D eigenvalue weighted by Crippen LogP contribution is 2.16. The van der Waals surface area contributed by atoms with E-state index in [0.717, 1.165) is 6.42 Å². The Bertz CT molecular complexity index is 773. The largest absolute Gasteiger partial charge is 0.454 e. The van der Waals surface area contributed by atoms with Crippen LogP contribution in [0.4, 0.5) is 0 Å². The Morgan fingerprint density at radius 1 is 1.00 bits per heavy atom. The molecular weight excluding hydrogens is 386 g/mol. The van der Waals surface area contributed by atoms with Crippen molar-refractivity contribution in [2.24, 2.45) is 0 Å². The van der Waals surface area contributed by atoms with Gasteiger partial charge in [-0.25, -0.2) is 8.42 Å². The molecule has 0 bridgehead atoms. The first-order valence-corrected chi connectivity index (χ1v) is 10.5. The molecule has 28 heavy (non-hydrogen) atoms. The maximum atomic E-state index is 12.4. The molecule has 0 radical (unpaired) electrons. The van der Waals surface area contributed by atoms with E-state index in [1.54, 1.807) is 13.8 Å². The van der Waals surface area contributed by atoms with Crippen molar-refractivity contribution in [3.8, 4) is 0 Å². The van der Waals surface area contributed by atoms with Gasteiger partial charge in [0, 0.05) is 25.2 Å². The maximum absolute atomic E-state index is 12.4. The molecule has 0 atom stereocenters. The van der Waals surface area contributed by atoms with Gasteiger partial charge in [-0.2, -0.15) is 4.31 Å². The number of rotatable bonds is 11. The van der Waals surface area contributed by atoms with Crippen LogP contribution in [0.25, 0.3) is 0 Å². The number of hydrogen-bond acceptors (Lipinski definition) is 6. The van der Waals surface area contributed by atoms with Crippen molar-refractivity contribution < 1.29 is 27.5 Å². The number of benzene rings is 1. The number of carbonyl (C=O) groups is 3. The quantitative estimate of drug-likeness (QED) is 0.510. The third-order valence-electron chi connectivity index (χ3n) is 3.79. The summed E-state index contributed by atoms with van der Waals surface area (Å²) in [5, 5.41) is 4.92. The van der Waals surface area contributed by atoms with E-state index in [1.807, 2.05) is 6.92 Å². The van der Waals surface area contributed by atoms with E-state index < -0.39 is 41.0 Å². The van der Waals surface area contributed by atoms with E-state index >= 15 is 0 Å². The fraction of sp³-hybridized carbons (Fsp3) is 0.500. The number of carbonyl (C=O) groups excluding carboxylic acids is 3. The average molecular weight is 413 g/mol. The van der Waals surface area contributed by atoms with Gasteiger partial charge in [-0.1, -0.05) is 20.8 Å². The fourth-order valence-electron chi connectivity index (χ4n) is 2.26. The number of nitrogens with one attached hydrogen (secondary N) is 2. The second-order valence-electron chi connectivity index (χ2n) is 5.81. The van der Waals surface area contributed by atoms with Crippen LogP contribution in [-0.4, -0.2) is 63.3 Å². The predicted molar refractivity (Wildman–Crippen MR) is 103 cm³/mol. The van der Waals surface area contributed by atoms with Crippen LogP contribution in [0.3, 0.4) is 0 Å². The SMILES string of the molecule is CCCNC(=O)COC(=O)CNC(=O)c1ccc(S(=O)(=O)N(CC)CC)cc1. The second kappa shape index (κ2) is 11.4. The Morgan fingerprint density at radius 2 is 1.61 bits per heavy atom. The Morgan fingerprint density at radius 3 is 2.14 bits per heavy atom. The Kier molecular flexibility index (Phi) is 9.60. The molecule has 0 saturated heterocycles.